The zero-order valence-electron chi connectivity index (χ0n) is 37.9. The van der Waals surface area contributed by atoms with Gasteiger partial charge in [-0.05, 0) is 116 Å². The van der Waals surface area contributed by atoms with E-state index in [9.17, 15) is 14.4 Å². The van der Waals surface area contributed by atoms with Gasteiger partial charge in [-0.2, -0.15) is 0 Å². The van der Waals surface area contributed by atoms with E-state index in [1.165, 1.54) is 25.7 Å². The maximum absolute atomic E-state index is 12.7. The summed E-state index contributed by atoms with van der Waals surface area (Å²) in [5.74, 6) is -1.14. The SMILES string of the molecule is CC/C=C\C/C=C\C/C=C\C/C=C\C/C=C\CCC(=O)OC(COC(=O)CCC/C=C\C/C=C\C/C=C\C/C=C\CCCCC)COC(=O)CCCC/C=C\C/C=C\CC. The van der Waals surface area contributed by atoms with E-state index in [0.717, 1.165) is 83.5 Å². The van der Waals surface area contributed by atoms with E-state index in [4.69, 9.17) is 14.2 Å². The van der Waals surface area contributed by atoms with Crippen LogP contribution >= 0.6 is 0 Å². The predicted molar refractivity (Wildman–Crippen MR) is 256 cm³/mol. The van der Waals surface area contributed by atoms with Gasteiger partial charge in [-0.1, -0.05) is 167 Å². The average Bonchev–Trinajstić information content (AvgIpc) is 3.24. The minimum absolute atomic E-state index is 0.147. The number of ether oxygens (including phenoxy) is 3. The Balaban J connectivity index is 4.62. The smallest absolute Gasteiger partial charge is 0.306 e. The standard InChI is InChI=1S/C54H82O6/c1-4-7-10-13-16-19-21-23-25-27-29-30-32-35-38-41-44-47-53(56)59-50-51(49-58-52(55)46-43-40-37-34-18-15-12-9-6-3)60-54(57)48-45-42-39-36-33-31-28-26-24-22-20-17-14-11-8-5-2/h8-9,11-12,16-20,23-26,29-31,33-35,38-39,42,51H,4-7,10,13-15,21-22,27-28,32,36-37,40-41,43-50H2,1-3H3/b11-8-,12-9-,19-16-,20-17-,25-23-,26-24-,30-29-,33-31-,34-18-,38-35-,42-39-. The van der Waals surface area contributed by atoms with Gasteiger partial charge in [0.1, 0.15) is 13.2 Å². The number of unbranched alkanes of at least 4 members (excludes halogenated alkanes) is 6. The van der Waals surface area contributed by atoms with E-state index in [1.807, 2.05) is 12.2 Å². The maximum Gasteiger partial charge on any atom is 0.306 e. The first kappa shape index (κ1) is 55.5. The second kappa shape index (κ2) is 47.2. The number of carbonyl (C=O) groups excluding carboxylic acids is 3. The molecular formula is C54H82O6. The molecule has 0 rings (SSSR count). The van der Waals surface area contributed by atoms with Crippen LogP contribution in [0.25, 0.3) is 0 Å². The zero-order valence-corrected chi connectivity index (χ0v) is 37.9. The topological polar surface area (TPSA) is 78.9 Å². The number of allylic oxidation sites excluding steroid dienone is 22. The highest BCUT2D eigenvalue weighted by atomic mass is 16.6. The second-order valence-electron chi connectivity index (χ2n) is 14.5. The lowest BCUT2D eigenvalue weighted by Crippen LogP contribution is -2.30. The molecule has 0 saturated heterocycles. The van der Waals surface area contributed by atoms with E-state index in [1.54, 1.807) is 0 Å². The molecule has 60 heavy (non-hydrogen) atoms. The molecule has 0 amide bonds. The van der Waals surface area contributed by atoms with Crippen molar-refractivity contribution < 1.29 is 28.6 Å². The normalized spacial score (nSPS) is 13.3. The van der Waals surface area contributed by atoms with E-state index in [-0.39, 0.29) is 44.4 Å². The van der Waals surface area contributed by atoms with Crippen LogP contribution in [0.4, 0.5) is 0 Å². The van der Waals surface area contributed by atoms with Gasteiger partial charge in [0.15, 0.2) is 6.10 Å². The molecule has 0 saturated carbocycles. The third kappa shape index (κ3) is 44.6. The van der Waals surface area contributed by atoms with Crippen molar-refractivity contribution in [2.45, 2.75) is 175 Å². The largest absolute Gasteiger partial charge is 0.462 e. The Labute approximate surface area is 366 Å². The molecule has 0 aliphatic rings. The summed E-state index contributed by atoms with van der Waals surface area (Å²) in [6.45, 7) is 6.18. The number of carbonyl (C=O) groups is 3. The molecule has 0 N–H and O–H groups in total. The first-order chi connectivity index (χ1) is 29.5. The molecule has 1 unspecified atom stereocenters. The molecule has 0 spiro atoms. The van der Waals surface area contributed by atoms with Crippen molar-refractivity contribution in [3.05, 3.63) is 134 Å². The molecule has 0 bridgehead atoms. The fraction of sp³-hybridized carbons (Fsp3) is 0.537. The van der Waals surface area contributed by atoms with Gasteiger partial charge in [0, 0.05) is 19.3 Å². The highest BCUT2D eigenvalue weighted by Gasteiger charge is 2.19. The molecule has 0 aromatic rings. The van der Waals surface area contributed by atoms with E-state index < -0.39 is 12.1 Å². The van der Waals surface area contributed by atoms with Crippen LogP contribution in [-0.2, 0) is 28.6 Å². The Hall–Kier alpha value is -4.45. The number of hydrogen-bond acceptors (Lipinski definition) is 6. The summed E-state index contributed by atoms with van der Waals surface area (Å²) in [5.41, 5.74) is 0. The summed E-state index contributed by atoms with van der Waals surface area (Å²) < 4.78 is 16.5. The van der Waals surface area contributed by atoms with Gasteiger partial charge < -0.3 is 14.2 Å². The van der Waals surface area contributed by atoms with Gasteiger partial charge in [0.25, 0.3) is 0 Å². The van der Waals surface area contributed by atoms with Crippen LogP contribution in [0.1, 0.15) is 168 Å². The number of rotatable bonds is 39. The summed E-state index contributed by atoms with van der Waals surface area (Å²) >= 11 is 0. The summed E-state index contributed by atoms with van der Waals surface area (Å²) in [5, 5.41) is 0. The molecule has 0 aromatic carbocycles. The van der Waals surface area contributed by atoms with Crippen molar-refractivity contribution in [3.8, 4) is 0 Å². The van der Waals surface area contributed by atoms with Crippen molar-refractivity contribution in [2.24, 2.45) is 0 Å². The summed E-state index contributed by atoms with van der Waals surface area (Å²) in [4.78, 5) is 37.7. The lowest BCUT2D eigenvalue weighted by Gasteiger charge is -2.18. The predicted octanol–water partition coefficient (Wildman–Crippen LogP) is 15.1. The summed E-state index contributed by atoms with van der Waals surface area (Å²) in [7, 11) is 0. The first-order valence-corrected chi connectivity index (χ1v) is 23.2. The summed E-state index contributed by atoms with van der Waals surface area (Å²) in [6, 6.07) is 0. The van der Waals surface area contributed by atoms with Crippen LogP contribution in [-0.4, -0.2) is 37.2 Å². The Bertz CT molecular complexity index is 1370. The molecule has 0 aromatic heterocycles. The van der Waals surface area contributed by atoms with Crippen molar-refractivity contribution in [1.82, 2.24) is 0 Å². The summed E-state index contributed by atoms with van der Waals surface area (Å²) in [6.07, 6.45) is 66.1. The van der Waals surface area contributed by atoms with Gasteiger partial charge in [-0.15, -0.1) is 0 Å². The van der Waals surface area contributed by atoms with Crippen molar-refractivity contribution >= 4 is 17.9 Å². The molecule has 6 nitrogen and oxygen atoms in total. The highest BCUT2D eigenvalue weighted by Crippen LogP contribution is 2.08. The van der Waals surface area contributed by atoms with Crippen LogP contribution in [0.15, 0.2) is 134 Å². The Morgan fingerprint density at radius 2 is 0.683 bits per heavy atom. The van der Waals surface area contributed by atoms with E-state index in [2.05, 4.69) is 142 Å². The van der Waals surface area contributed by atoms with Gasteiger partial charge in [-0.25, -0.2) is 0 Å². The van der Waals surface area contributed by atoms with Gasteiger partial charge in [-0.3, -0.25) is 14.4 Å². The van der Waals surface area contributed by atoms with Gasteiger partial charge in [0.05, 0.1) is 0 Å². The Morgan fingerprint density at radius 3 is 1.08 bits per heavy atom. The molecule has 0 heterocycles. The molecule has 0 fully saturated rings. The maximum atomic E-state index is 12.7. The molecular weight excluding hydrogens is 745 g/mol. The highest BCUT2D eigenvalue weighted by molar-refractivity contribution is 5.71. The third-order valence-corrected chi connectivity index (χ3v) is 8.88. The Kier molecular flexibility index (Phi) is 43.7. The van der Waals surface area contributed by atoms with Crippen molar-refractivity contribution in [2.75, 3.05) is 13.2 Å². The Morgan fingerprint density at radius 1 is 0.350 bits per heavy atom. The fourth-order valence-corrected chi connectivity index (χ4v) is 5.46. The molecule has 0 aliphatic carbocycles. The van der Waals surface area contributed by atoms with E-state index >= 15 is 0 Å². The zero-order chi connectivity index (χ0) is 43.7. The lowest BCUT2D eigenvalue weighted by molar-refractivity contribution is -0.166. The second-order valence-corrected chi connectivity index (χ2v) is 14.5. The first-order valence-electron chi connectivity index (χ1n) is 23.2. The molecule has 0 radical (unpaired) electrons. The van der Waals surface area contributed by atoms with Crippen molar-refractivity contribution in [1.29, 1.82) is 0 Å². The molecule has 0 aliphatic heterocycles. The fourth-order valence-electron chi connectivity index (χ4n) is 5.46. The number of hydrogen-bond donors (Lipinski definition) is 0. The van der Waals surface area contributed by atoms with Crippen LogP contribution in [0.3, 0.4) is 0 Å². The minimum Gasteiger partial charge on any atom is -0.462 e. The third-order valence-electron chi connectivity index (χ3n) is 8.88. The number of esters is 3. The van der Waals surface area contributed by atoms with E-state index in [0.29, 0.717) is 19.3 Å². The monoisotopic (exact) mass is 827 g/mol. The molecule has 1 atom stereocenters. The van der Waals surface area contributed by atoms with Crippen LogP contribution in [0.2, 0.25) is 0 Å². The van der Waals surface area contributed by atoms with Gasteiger partial charge >= 0.3 is 17.9 Å². The van der Waals surface area contributed by atoms with Gasteiger partial charge in [0.2, 0.25) is 0 Å². The van der Waals surface area contributed by atoms with Crippen LogP contribution in [0.5, 0.6) is 0 Å². The van der Waals surface area contributed by atoms with Crippen LogP contribution in [0, 0.1) is 0 Å². The molecule has 6 heteroatoms. The van der Waals surface area contributed by atoms with Crippen LogP contribution < -0.4 is 0 Å². The quantitative estimate of drug-likeness (QED) is 0.0266. The molecule has 334 valence electrons. The van der Waals surface area contributed by atoms with Crippen molar-refractivity contribution in [3.63, 3.8) is 0 Å². The minimum atomic E-state index is -0.855. The average molecular weight is 827 g/mol. The lowest BCUT2D eigenvalue weighted by atomic mass is 10.2.